The monoisotopic (exact) mass is 472 g/mol. The van der Waals surface area contributed by atoms with Gasteiger partial charge < -0.3 is 14.0 Å². The number of hydrogen-bond acceptors (Lipinski definition) is 6. The minimum absolute atomic E-state index is 0.198. The van der Waals surface area contributed by atoms with E-state index in [-0.39, 0.29) is 5.82 Å². The van der Waals surface area contributed by atoms with E-state index in [0.717, 1.165) is 73.4 Å². The highest BCUT2D eigenvalue weighted by Gasteiger charge is 2.37. The first kappa shape index (κ1) is 26.0. The Morgan fingerprint density at radius 1 is 0.941 bits per heavy atom. The molecule has 8 nitrogen and oxygen atoms in total. The summed E-state index contributed by atoms with van der Waals surface area (Å²) in [6, 6.07) is 0. The van der Waals surface area contributed by atoms with E-state index in [4.69, 9.17) is 19.4 Å². The van der Waals surface area contributed by atoms with Gasteiger partial charge >= 0.3 is 12.2 Å². The van der Waals surface area contributed by atoms with Crippen LogP contribution in [0.4, 0.5) is 15.4 Å². The summed E-state index contributed by atoms with van der Waals surface area (Å²) in [6.45, 7) is 15.6. The molecule has 0 unspecified atom stereocenters. The molecule has 1 aliphatic rings. The number of carbonyl (C=O) groups is 2. The van der Waals surface area contributed by atoms with Gasteiger partial charge in [-0.1, -0.05) is 13.3 Å². The molecule has 0 spiro atoms. The number of nitrogens with zero attached hydrogens (tertiary/aromatic N) is 4. The molecule has 2 aromatic heterocycles. The summed E-state index contributed by atoms with van der Waals surface area (Å²) in [6.07, 6.45) is 5.09. The molecular weight excluding hydrogens is 432 g/mol. The van der Waals surface area contributed by atoms with E-state index >= 15 is 0 Å². The Labute approximate surface area is 203 Å². The summed E-state index contributed by atoms with van der Waals surface area (Å²) in [5.74, 6) is 1.15. The number of amides is 2. The van der Waals surface area contributed by atoms with Crippen molar-refractivity contribution in [3.8, 4) is 0 Å². The maximum absolute atomic E-state index is 13.4. The molecule has 0 N–H and O–H groups in total. The lowest BCUT2D eigenvalue weighted by Crippen LogP contribution is -2.44. The number of unbranched alkanes of at least 4 members (excludes halogenated alkanes) is 1. The predicted molar refractivity (Wildman–Crippen MR) is 133 cm³/mol. The van der Waals surface area contributed by atoms with E-state index in [9.17, 15) is 9.59 Å². The predicted octanol–water partition coefficient (Wildman–Crippen LogP) is 6.35. The molecule has 0 radical (unpaired) electrons. The van der Waals surface area contributed by atoms with E-state index in [2.05, 4.69) is 18.4 Å². The Bertz CT molecular complexity index is 1030. The highest BCUT2D eigenvalue weighted by atomic mass is 16.6. The van der Waals surface area contributed by atoms with Crippen LogP contribution in [-0.2, 0) is 35.3 Å². The first-order valence-electron chi connectivity index (χ1n) is 12.5. The number of rotatable bonds is 5. The summed E-state index contributed by atoms with van der Waals surface area (Å²) < 4.78 is 13.5. The fraction of sp³-hybridized carbons (Fsp3) is 0.692. The Hall–Kier alpha value is -2.64. The highest BCUT2D eigenvalue weighted by molar-refractivity contribution is 6.13. The van der Waals surface area contributed by atoms with Gasteiger partial charge in [0.15, 0.2) is 5.82 Å². The number of imidazole rings is 1. The van der Waals surface area contributed by atoms with Crippen molar-refractivity contribution in [2.45, 2.75) is 118 Å². The second-order valence-electron chi connectivity index (χ2n) is 10.9. The number of fused-ring (bicyclic) bond motifs is 3. The summed E-state index contributed by atoms with van der Waals surface area (Å²) >= 11 is 0. The van der Waals surface area contributed by atoms with Crippen molar-refractivity contribution in [1.82, 2.24) is 14.5 Å². The van der Waals surface area contributed by atoms with Gasteiger partial charge in [-0.3, -0.25) is 0 Å². The first-order valence-corrected chi connectivity index (χ1v) is 12.5. The third-order valence-electron chi connectivity index (χ3n) is 5.66. The van der Waals surface area contributed by atoms with Gasteiger partial charge in [-0.05, 0) is 86.1 Å². The largest absolute Gasteiger partial charge is 0.443 e. The van der Waals surface area contributed by atoms with Crippen LogP contribution in [0.1, 0.15) is 98.2 Å². The van der Waals surface area contributed by atoms with Gasteiger partial charge in [0.25, 0.3) is 0 Å². The number of hydrogen-bond donors (Lipinski definition) is 0. The Morgan fingerprint density at radius 2 is 1.53 bits per heavy atom. The lowest BCUT2D eigenvalue weighted by Gasteiger charge is -2.29. The second-order valence-corrected chi connectivity index (χ2v) is 10.9. The molecule has 2 heterocycles. The molecule has 2 amide bonds. The van der Waals surface area contributed by atoms with Crippen LogP contribution in [0.3, 0.4) is 0 Å². The van der Waals surface area contributed by atoms with Crippen molar-refractivity contribution in [3.05, 3.63) is 17.1 Å². The SMILES string of the molecule is CCCCc1nc2c(N(C(=O)OC(C)(C)C)C(=O)OC(C)(C)C)nc3c(c2n1CC)CCCC3. The fourth-order valence-electron chi connectivity index (χ4n) is 4.29. The van der Waals surface area contributed by atoms with Crippen LogP contribution in [0.25, 0.3) is 11.0 Å². The van der Waals surface area contributed by atoms with Crippen LogP contribution in [0.15, 0.2) is 0 Å². The minimum atomic E-state index is -0.813. The van der Waals surface area contributed by atoms with Gasteiger partial charge in [0, 0.05) is 18.7 Å². The van der Waals surface area contributed by atoms with Crippen LogP contribution >= 0.6 is 0 Å². The quantitative estimate of drug-likeness (QED) is 0.504. The lowest BCUT2D eigenvalue weighted by molar-refractivity contribution is 0.0429. The maximum atomic E-state index is 13.4. The average molecular weight is 473 g/mol. The zero-order valence-corrected chi connectivity index (χ0v) is 22.1. The van der Waals surface area contributed by atoms with E-state index < -0.39 is 23.4 Å². The van der Waals surface area contributed by atoms with Crippen molar-refractivity contribution in [3.63, 3.8) is 0 Å². The van der Waals surface area contributed by atoms with Crippen LogP contribution in [-0.4, -0.2) is 37.9 Å². The molecule has 0 aromatic carbocycles. The zero-order chi connectivity index (χ0) is 25.3. The first-order chi connectivity index (χ1) is 15.9. The third-order valence-corrected chi connectivity index (χ3v) is 5.66. The van der Waals surface area contributed by atoms with E-state index in [1.807, 2.05) is 0 Å². The summed E-state index contributed by atoms with van der Waals surface area (Å²) in [5, 5.41) is 0. The number of ether oxygens (including phenoxy) is 2. The van der Waals surface area contributed by atoms with Gasteiger partial charge in [-0.15, -0.1) is 0 Å². The van der Waals surface area contributed by atoms with E-state index in [1.54, 1.807) is 41.5 Å². The zero-order valence-electron chi connectivity index (χ0n) is 22.1. The van der Waals surface area contributed by atoms with Crippen molar-refractivity contribution >= 4 is 29.0 Å². The minimum Gasteiger partial charge on any atom is -0.443 e. The molecule has 0 saturated carbocycles. The Balaban J connectivity index is 2.28. The topological polar surface area (TPSA) is 86.6 Å². The molecule has 3 rings (SSSR count). The van der Waals surface area contributed by atoms with Crippen molar-refractivity contribution in [1.29, 1.82) is 0 Å². The number of aryl methyl sites for hydroxylation is 4. The van der Waals surface area contributed by atoms with Crippen LogP contribution in [0.2, 0.25) is 0 Å². The van der Waals surface area contributed by atoms with Gasteiger partial charge in [-0.2, -0.15) is 4.90 Å². The lowest BCUT2D eigenvalue weighted by atomic mass is 9.94. The van der Waals surface area contributed by atoms with Crippen molar-refractivity contribution in [2.24, 2.45) is 0 Å². The molecule has 0 bridgehead atoms. The molecule has 8 heteroatoms. The standard InChI is InChI=1S/C26H40N4O4/c1-9-11-16-19-28-20-21(29(19)10-2)17-14-12-13-15-18(17)27-22(20)30(23(31)33-25(3,4)5)24(32)34-26(6,7)8/h9-16H2,1-8H3. The molecule has 0 atom stereocenters. The van der Waals surface area contributed by atoms with E-state index in [1.165, 1.54) is 5.56 Å². The molecule has 0 fully saturated rings. The average Bonchev–Trinajstić information content (AvgIpc) is 3.08. The molecular formula is C26H40N4O4. The maximum Gasteiger partial charge on any atom is 0.425 e. The number of pyridine rings is 1. The van der Waals surface area contributed by atoms with Gasteiger partial charge in [0.2, 0.25) is 0 Å². The Kier molecular flexibility index (Phi) is 7.58. The molecule has 34 heavy (non-hydrogen) atoms. The normalized spacial score (nSPS) is 14.1. The molecule has 0 aliphatic heterocycles. The number of imide groups is 1. The molecule has 0 saturated heterocycles. The smallest absolute Gasteiger partial charge is 0.425 e. The molecule has 1 aliphatic carbocycles. The van der Waals surface area contributed by atoms with Crippen LogP contribution in [0.5, 0.6) is 0 Å². The second kappa shape index (κ2) is 9.92. The van der Waals surface area contributed by atoms with Crippen LogP contribution in [0, 0.1) is 0 Å². The van der Waals surface area contributed by atoms with Crippen LogP contribution < -0.4 is 4.90 Å². The number of anilines is 1. The summed E-state index contributed by atoms with van der Waals surface area (Å²) in [7, 11) is 0. The molecule has 188 valence electrons. The van der Waals surface area contributed by atoms with Gasteiger partial charge in [0.05, 0.1) is 5.52 Å². The van der Waals surface area contributed by atoms with Crippen molar-refractivity contribution < 1.29 is 19.1 Å². The highest BCUT2D eigenvalue weighted by Crippen LogP contribution is 2.35. The third kappa shape index (κ3) is 5.70. The summed E-state index contributed by atoms with van der Waals surface area (Å²) in [5.41, 5.74) is 2.05. The van der Waals surface area contributed by atoms with Crippen molar-refractivity contribution in [2.75, 3.05) is 4.90 Å². The van der Waals surface area contributed by atoms with Gasteiger partial charge in [0.1, 0.15) is 22.5 Å². The fourth-order valence-corrected chi connectivity index (χ4v) is 4.29. The molecule has 2 aromatic rings. The number of aromatic nitrogens is 3. The van der Waals surface area contributed by atoms with Gasteiger partial charge in [-0.25, -0.2) is 19.6 Å². The van der Waals surface area contributed by atoms with E-state index in [0.29, 0.717) is 5.52 Å². The summed E-state index contributed by atoms with van der Waals surface area (Å²) in [4.78, 5) is 37.5. The number of carbonyl (C=O) groups excluding carboxylic acids is 2. The Morgan fingerprint density at radius 3 is 2.06 bits per heavy atom.